The smallest absolute Gasteiger partial charge is 0.328 e. The maximum atomic E-state index is 10.9. The van der Waals surface area contributed by atoms with E-state index in [1.54, 1.807) is 0 Å². The highest BCUT2D eigenvalue weighted by atomic mass is 16.4. The van der Waals surface area contributed by atoms with Crippen molar-refractivity contribution in [3.63, 3.8) is 0 Å². The predicted octanol–water partition coefficient (Wildman–Crippen LogP) is 2.65. The lowest BCUT2D eigenvalue weighted by molar-refractivity contribution is -0.134. The van der Waals surface area contributed by atoms with Gasteiger partial charge in [-0.1, -0.05) is 26.7 Å². The second-order valence-corrected chi connectivity index (χ2v) is 3.76. The van der Waals surface area contributed by atoms with Gasteiger partial charge >= 0.3 is 11.9 Å². The van der Waals surface area contributed by atoms with Crippen LogP contribution in [0.4, 0.5) is 0 Å². The van der Waals surface area contributed by atoms with Crippen molar-refractivity contribution in [2.45, 2.75) is 52.4 Å². The van der Waals surface area contributed by atoms with Crippen molar-refractivity contribution in [2.24, 2.45) is 0 Å². The van der Waals surface area contributed by atoms with Crippen molar-refractivity contribution < 1.29 is 24.6 Å². The lowest BCUT2D eigenvalue weighted by Gasteiger charge is -1.96. The minimum Gasteiger partial charge on any atom is -0.478 e. The highest BCUT2D eigenvalue weighted by molar-refractivity contribution is 5.89. The van der Waals surface area contributed by atoms with Gasteiger partial charge in [0, 0.05) is 25.0 Å². The summed E-state index contributed by atoms with van der Waals surface area (Å²) in [6.45, 7) is 4.21. The number of hydrogen-bond acceptors (Lipinski definition) is 3. The Kier molecular flexibility index (Phi) is 13.9. The van der Waals surface area contributed by atoms with Crippen molar-refractivity contribution in [1.82, 2.24) is 0 Å². The summed E-state index contributed by atoms with van der Waals surface area (Å²) >= 11 is 0. The maximum absolute atomic E-state index is 10.9. The summed E-state index contributed by atoms with van der Waals surface area (Å²) in [5.74, 6) is -2.07. The first kappa shape index (κ1) is 18.7. The Morgan fingerprint density at radius 2 is 1.33 bits per heavy atom. The summed E-state index contributed by atoms with van der Waals surface area (Å²) in [6.07, 6.45) is 7.21. The molecule has 0 bridgehead atoms. The molecule has 0 aliphatic carbocycles. The molecule has 0 aromatic carbocycles. The van der Waals surface area contributed by atoms with Gasteiger partial charge in [-0.15, -0.1) is 0 Å². The lowest BCUT2D eigenvalue weighted by Crippen LogP contribution is -1.95. The minimum absolute atomic E-state index is 0.441. The standard InChI is InChI=1S/C9H18O.C4H4O4/c1-3-5-6-8-9(10)7-4-2;5-3(6)1-2-4(7)8/h3-8H2,1-2H3;1-2H,(H,5,6)(H,7,8). The van der Waals surface area contributed by atoms with Gasteiger partial charge in [-0.25, -0.2) is 9.59 Å². The van der Waals surface area contributed by atoms with Crippen molar-refractivity contribution in [1.29, 1.82) is 0 Å². The molecule has 0 aliphatic heterocycles. The molecule has 0 saturated heterocycles. The van der Waals surface area contributed by atoms with Crippen LogP contribution < -0.4 is 0 Å². The molecule has 2 N–H and O–H groups in total. The summed E-state index contributed by atoms with van der Waals surface area (Å²) in [5.41, 5.74) is 0. The third-order valence-corrected chi connectivity index (χ3v) is 1.96. The summed E-state index contributed by atoms with van der Waals surface area (Å²) in [6, 6.07) is 0. The molecule has 0 radical (unpaired) electrons. The van der Waals surface area contributed by atoms with Crippen LogP contribution in [-0.2, 0) is 14.4 Å². The van der Waals surface area contributed by atoms with E-state index in [0.717, 1.165) is 25.7 Å². The van der Waals surface area contributed by atoms with Gasteiger partial charge in [0.05, 0.1) is 0 Å². The fraction of sp³-hybridized carbons (Fsp3) is 0.615. The molecule has 0 atom stereocenters. The van der Waals surface area contributed by atoms with Gasteiger partial charge < -0.3 is 10.2 Å². The number of rotatable bonds is 8. The minimum atomic E-state index is -1.26. The number of Topliss-reactive ketones (excluding diaryl/α,β-unsaturated/α-hetero) is 1. The molecule has 18 heavy (non-hydrogen) atoms. The first-order valence-electron chi connectivity index (χ1n) is 6.09. The number of carboxylic acid groups (broad SMARTS) is 2. The van der Waals surface area contributed by atoms with E-state index in [0.29, 0.717) is 17.9 Å². The summed E-state index contributed by atoms with van der Waals surface area (Å²) in [7, 11) is 0. The van der Waals surface area contributed by atoms with E-state index >= 15 is 0 Å². The van der Waals surface area contributed by atoms with Crippen LogP contribution in [0.3, 0.4) is 0 Å². The largest absolute Gasteiger partial charge is 0.478 e. The maximum Gasteiger partial charge on any atom is 0.328 e. The van der Waals surface area contributed by atoms with Gasteiger partial charge in [-0.05, 0) is 12.8 Å². The van der Waals surface area contributed by atoms with Crippen LogP contribution in [0.5, 0.6) is 0 Å². The zero-order chi connectivity index (χ0) is 14.4. The highest BCUT2D eigenvalue weighted by Gasteiger charge is 1.97. The Balaban J connectivity index is 0. The molecule has 0 aliphatic rings. The van der Waals surface area contributed by atoms with Gasteiger partial charge in [-0.2, -0.15) is 0 Å². The van der Waals surface area contributed by atoms with Crippen LogP contribution in [0.25, 0.3) is 0 Å². The summed E-state index contributed by atoms with van der Waals surface area (Å²) in [5, 5.41) is 15.6. The monoisotopic (exact) mass is 258 g/mol. The van der Waals surface area contributed by atoms with Crippen LogP contribution in [0, 0.1) is 0 Å². The molecule has 0 amide bonds. The molecule has 5 heteroatoms. The highest BCUT2D eigenvalue weighted by Crippen LogP contribution is 2.02. The topological polar surface area (TPSA) is 91.7 Å². The molecule has 0 aromatic heterocycles. The molecule has 0 rings (SSSR count). The molecule has 0 heterocycles. The number of carbonyl (C=O) groups is 3. The average Bonchev–Trinajstić information content (AvgIpc) is 2.28. The Morgan fingerprint density at radius 1 is 0.833 bits per heavy atom. The van der Waals surface area contributed by atoms with E-state index in [1.165, 1.54) is 12.8 Å². The molecule has 0 unspecified atom stereocenters. The number of hydrogen-bond donors (Lipinski definition) is 2. The third kappa shape index (κ3) is 19.9. The van der Waals surface area contributed by atoms with E-state index in [2.05, 4.69) is 13.8 Å². The van der Waals surface area contributed by atoms with Crippen molar-refractivity contribution in [3.8, 4) is 0 Å². The molecule has 0 saturated carbocycles. The first-order chi connectivity index (χ1) is 8.43. The first-order valence-corrected chi connectivity index (χ1v) is 6.09. The van der Waals surface area contributed by atoms with Gasteiger partial charge in [0.15, 0.2) is 0 Å². The fourth-order valence-corrected chi connectivity index (χ4v) is 1.12. The fourth-order valence-electron chi connectivity index (χ4n) is 1.12. The van der Waals surface area contributed by atoms with Crippen LogP contribution >= 0.6 is 0 Å². The van der Waals surface area contributed by atoms with Crippen LogP contribution in [0.15, 0.2) is 12.2 Å². The van der Waals surface area contributed by atoms with Gasteiger partial charge in [-0.3, -0.25) is 4.79 Å². The van der Waals surface area contributed by atoms with Crippen molar-refractivity contribution in [2.75, 3.05) is 0 Å². The molecule has 5 nitrogen and oxygen atoms in total. The Morgan fingerprint density at radius 3 is 1.67 bits per heavy atom. The molecular weight excluding hydrogens is 236 g/mol. The van der Waals surface area contributed by atoms with Crippen molar-refractivity contribution in [3.05, 3.63) is 12.2 Å². The number of carboxylic acids is 2. The zero-order valence-electron chi connectivity index (χ0n) is 11.0. The Hall–Kier alpha value is -1.65. The molecule has 0 spiro atoms. The molecule has 0 fully saturated rings. The number of ketones is 1. The van der Waals surface area contributed by atoms with E-state index < -0.39 is 11.9 Å². The van der Waals surface area contributed by atoms with Crippen molar-refractivity contribution >= 4 is 17.7 Å². The van der Waals surface area contributed by atoms with E-state index in [1.807, 2.05) is 0 Å². The van der Waals surface area contributed by atoms with E-state index in [9.17, 15) is 14.4 Å². The van der Waals surface area contributed by atoms with Crippen LogP contribution in [0.2, 0.25) is 0 Å². The van der Waals surface area contributed by atoms with Crippen LogP contribution in [-0.4, -0.2) is 27.9 Å². The van der Waals surface area contributed by atoms with Gasteiger partial charge in [0.25, 0.3) is 0 Å². The quantitative estimate of drug-likeness (QED) is 0.516. The average molecular weight is 258 g/mol. The molecular formula is C13H22O5. The Labute approximate surface area is 108 Å². The second-order valence-electron chi connectivity index (χ2n) is 3.76. The lowest BCUT2D eigenvalue weighted by atomic mass is 10.1. The molecule has 0 aromatic rings. The third-order valence-electron chi connectivity index (χ3n) is 1.96. The normalized spacial score (nSPS) is 9.67. The predicted molar refractivity (Wildman–Crippen MR) is 68.5 cm³/mol. The SMILES string of the molecule is CCCCCC(=O)CCC.O=C(O)C=CC(=O)O. The molecule has 104 valence electrons. The van der Waals surface area contributed by atoms with Crippen LogP contribution in [0.1, 0.15) is 52.4 Å². The van der Waals surface area contributed by atoms with Gasteiger partial charge in [0.1, 0.15) is 5.78 Å². The number of carbonyl (C=O) groups excluding carboxylic acids is 1. The van der Waals surface area contributed by atoms with Gasteiger partial charge in [0.2, 0.25) is 0 Å². The van der Waals surface area contributed by atoms with E-state index in [-0.39, 0.29) is 0 Å². The second kappa shape index (κ2) is 13.4. The summed E-state index contributed by atoms with van der Waals surface area (Å²) < 4.78 is 0. The number of aliphatic carboxylic acids is 2. The zero-order valence-corrected chi connectivity index (χ0v) is 11.0. The summed E-state index contributed by atoms with van der Waals surface area (Å²) in [4.78, 5) is 30.0. The number of unbranched alkanes of at least 4 members (excludes halogenated alkanes) is 2. The Bertz CT molecular complexity index is 265. The van der Waals surface area contributed by atoms with E-state index in [4.69, 9.17) is 10.2 Å².